The third-order valence-corrected chi connectivity index (χ3v) is 1.02. The number of aryl methyl sites for hydroxylation is 1. The molecule has 0 aromatic carbocycles. The predicted molar refractivity (Wildman–Crippen MR) is 34.5 cm³/mol. The van der Waals surface area contributed by atoms with Crippen molar-refractivity contribution in [1.29, 1.82) is 0 Å². The van der Waals surface area contributed by atoms with Gasteiger partial charge in [-0.2, -0.15) is 4.98 Å². The van der Waals surface area contributed by atoms with E-state index >= 15 is 0 Å². The maximum absolute atomic E-state index is 6.97. The van der Waals surface area contributed by atoms with Crippen LogP contribution in [0.4, 0.5) is 5.95 Å². The van der Waals surface area contributed by atoms with E-state index in [0.717, 1.165) is 5.69 Å². The van der Waals surface area contributed by atoms with Crippen molar-refractivity contribution in [1.82, 2.24) is 15.7 Å². The molecule has 1 radical (unpaired) electrons. The quantitative estimate of drug-likeness (QED) is 0.514. The second kappa shape index (κ2) is 2.19. The molecule has 1 aromatic rings. The summed E-state index contributed by atoms with van der Waals surface area (Å²) in [5.74, 6) is -0.0278. The Morgan fingerprint density at radius 2 is 2.22 bits per heavy atom. The number of hydrogen-bond acceptors (Lipinski definition) is 2. The maximum atomic E-state index is 6.97. The number of hydrogen-bond donors (Lipinski definition) is 0. The zero-order valence-electron chi connectivity index (χ0n) is 4.85. The summed E-state index contributed by atoms with van der Waals surface area (Å²) in [7, 11) is 0. The van der Waals surface area contributed by atoms with Crippen LogP contribution in [-0.4, -0.2) is 9.97 Å². The number of aromatic nitrogens is 2. The van der Waals surface area contributed by atoms with Crippen molar-refractivity contribution in [3.8, 4) is 0 Å². The Balaban J connectivity index is 3.17. The summed E-state index contributed by atoms with van der Waals surface area (Å²) in [5, 5.41) is 0.326. The van der Waals surface area contributed by atoms with E-state index in [1.165, 1.54) is 0 Å². The fourth-order valence-electron chi connectivity index (χ4n) is 0.530. The summed E-state index contributed by atoms with van der Waals surface area (Å²) in [4.78, 5) is 7.26. The molecule has 9 heavy (non-hydrogen) atoms. The second-order valence-corrected chi connectivity index (χ2v) is 2.04. The third-order valence-electron chi connectivity index (χ3n) is 0.823. The first-order chi connectivity index (χ1) is 4.18. The second-order valence-electron chi connectivity index (χ2n) is 1.66. The van der Waals surface area contributed by atoms with E-state index < -0.39 is 0 Å². The molecule has 0 saturated heterocycles. The van der Waals surface area contributed by atoms with E-state index in [9.17, 15) is 0 Å². The molecule has 1 aromatic heterocycles. The van der Waals surface area contributed by atoms with Gasteiger partial charge in [0.15, 0.2) is 0 Å². The van der Waals surface area contributed by atoms with Gasteiger partial charge >= 0.3 is 0 Å². The van der Waals surface area contributed by atoms with Gasteiger partial charge in [-0.25, -0.2) is 4.98 Å². The Kier molecular flexibility index (Phi) is 1.53. The van der Waals surface area contributed by atoms with E-state index in [0.29, 0.717) is 5.15 Å². The van der Waals surface area contributed by atoms with Gasteiger partial charge in [-0.3, -0.25) is 5.73 Å². The van der Waals surface area contributed by atoms with Crippen LogP contribution in [0, 0.1) is 6.92 Å². The predicted octanol–water partition coefficient (Wildman–Crippen LogP) is 1.35. The lowest BCUT2D eigenvalue weighted by molar-refractivity contribution is 1.07. The van der Waals surface area contributed by atoms with Crippen molar-refractivity contribution in [3.63, 3.8) is 0 Å². The monoisotopic (exact) mass is 142 g/mol. The minimum absolute atomic E-state index is 0.0278. The molecule has 0 saturated carbocycles. The average Bonchev–Trinajstić information content (AvgIpc) is 1.59. The zero-order valence-corrected chi connectivity index (χ0v) is 5.61. The first-order valence-electron chi connectivity index (χ1n) is 2.41. The number of rotatable bonds is 0. The molecule has 1 N–H and O–H groups in total. The molecule has 0 aliphatic carbocycles. The molecule has 0 unspecified atom stereocenters. The van der Waals surface area contributed by atoms with Crippen molar-refractivity contribution >= 4 is 17.5 Å². The molecule has 1 rings (SSSR count). The third kappa shape index (κ3) is 1.54. The van der Waals surface area contributed by atoms with E-state index in [1.54, 1.807) is 13.0 Å². The van der Waals surface area contributed by atoms with Crippen LogP contribution < -0.4 is 5.73 Å². The standard InChI is InChI=1S/C5H5ClN3/c1-3-2-4(6)9-5(7)8-3/h2,7H,1H3. The lowest BCUT2D eigenvalue weighted by Crippen LogP contribution is -1.86. The van der Waals surface area contributed by atoms with Crippen molar-refractivity contribution in [2.45, 2.75) is 6.92 Å². The van der Waals surface area contributed by atoms with Gasteiger partial charge in [-0.1, -0.05) is 11.6 Å². The average molecular weight is 143 g/mol. The molecule has 47 valence electrons. The van der Waals surface area contributed by atoms with E-state index in [-0.39, 0.29) is 5.95 Å². The molecule has 3 nitrogen and oxygen atoms in total. The van der Waals surface area contributed by atoms with Gasteiger partial charge in [0.25, 0.3) is 0 Å². The Labute approximate surface area is 57.9 Å². The highest BCUT2D eigenvalue weighted by Crippen LogP contribution is 2.06. The van der Waals surface area contributed by atoms with Crippen LogP contribution in [0.5, 0.6) is 0 Å². The number of nitrogens with one attached hydrogen (secondary N) is 1. The number of nitrogens with zero attached hydrogens (tertiary/aromatic N) is 2. The van der Waals surface area contributed by atoms with Crippen LogP contribution in [0.2, 0.25) is 5.15 Å². The maximum Gasteiger partial charge on any atom is 0.243 e. The molecular weight excluding hydrogens is 138 g/mol. The van der Waals surface area contributed by atoms with Crippen LogP contribution in [-0.2, 0) is 0 Å². The van der Waals surface area contributed by atoms with Crippen LogP contribution in [0.25, 0.3) is 0 Å². The van der Waals surface area contributed by atoms with Crippen molar-refractivity contribution < 1.29 is 0 Å². The molecule has 4 heteroatoms. The molecule has 0 spiro atoms. The van der Waals surface area contributed by atoms with Gasteiger partial charge in [0.1, 0.15) is 5.15 Å². The summed E-state index contributed by atoms with van der Waals surface area (Å²) < 4.78 is 0. The SMILES string of the molecule is Cc1cc(Cl)nc([NH])n1. The first kappa shape index (κ1) is 6.29. The van der Waals surface area contributed by atoms with Crippen LogP contribution in [0.1, 0.15) is 5.69 Å². The molecule has 0 fully saturated rings. The Hall–Kier alpha value is -0.830. The molecule has 0 bridgehead atoms. The summed E-state index contributed by atoms with van der Waals surface area (Å²) in [5.41, 5.74) is 7.69. The van der Waals surface area contributed by atoms with Crippen molar-refractivity contribution in [2.24, 2.45) is 0 Å². The lowest BCUT2D eigenvalue weighted by Gasteiger charge is -1.92. The Morgan fingerprint density at radius 1 is 1.56 bits per heavy atom. The van der Waals surface area contributed by atoms with Crippen LogP contribution in [0.3, 0.4) is 0 Å². The smallest absolute Gasteiger partial charge is 0.243 e. The Bertz CT molecular complexity index is 173. The van der Waals surface area contributed by atoms with Gasteiger partial charge in [0.05, 0.1) is 0 Å². The molecule has 1 heterocycles. The van der Waals surface area contributed by atoms with Crippen LogP contribution in [0.15, 0.2) is 6.07 Å². The van der Waals surface area contributed by atoms with Crippen molar-refractivity contribution in [3.05, 3.63) is 16.9 Å². The Morgan fingerprint density at radius 3 is 2.67 bits per heavy atom. The van der Waals surface area contributed by atoms with E-state index in [4.69, 9.17) is 17.3 Å². The summed E-state index contributed by atoms with van der Waals surface area (Å²) >= 11 is 5.48. The normalized spacial score (nSPS) is 9.56. The fraction of sp³-hybridized carbons (Fsp3) is 0.200. The minimum atomic E-state index is -0.0278. The molecule has 0 amide bonds. The van der Waals surface area contributed by atoms with E-state index in [1.807, 2.05) is 0 Å². The van der Waals surface area contributed by atoms with Gasteiger partial charge in [-0.15, -0.1) is 0 Å². The summed E-state index contributed by atoms with van der Waals surface area (Å²) in [6.07, 6.45) is 0. The van der Waals surface area contributed by atoms with Crippen LogP contribution >= 0.6 is 11.6 Å². The molecular formula is C5H5ClN3. The largest absolute Gasteiger partial charge is 0.265 e. The molecule has 0 aliphatic rings. The fourth-order valence-corrected chi connectivity index (χ4v) is 0.768. The summed E-state index contributed by atoms with van der Waals surface area (Å²) in [6.45, 7) is 1.77. The van der Waals surface area contributed by atoms with Crippen molar-refractivity contribution in [2.75, 3.05) is 0 Å². The highest BCUT2D eigenvalue weighted by Gasteiger charge is 1.93. The molecule has 0 atom stereocenters. The van der Waals surface area contributed by atoms with Gasteiger partial charge in [0, 0.05) is 5.69 Å². The molecule has 0 aliphatic heterocycles. The lowest BCUT2D eigenvalue weighted by atomic mass is 10.5. The number of halogens is 1. The van der Waals surface area contributed by atoms with Gasteiger partial charge < -0.3 is 0 Å². The first-order valence-corrected chi connectivity index (χ1v) is 2.79. The highest BCUT2D eigenvalue weighted by atomic mass is 35.5. The summed E-state index contributed by atoms with van der Waals surface area (Å²) in [6, 6.07) is 1.61. The highest BCUT2D eigenvalue weighted by molar-refractivity contribution is 6.29. The van der Waals surface area contributed by atoms with Gasteiger partial charge in [-0.05, 0) is 13.0 Å². The van der Waals surface area contributed by atoms with E-state index in [2.05, 4.69) is 9.97 Å². The zero-order chi connectivity index (χ0) is 6.85. The minimum Gasteiger partial charge on any atom is -0.265 e. The van der Waals surface area contributed by atoms with Gasteiger partial charge in [0.2, 0.25) is 5.95 Å². The topological polar surface area (TPSA) is 49.6 Å².